The lowest BCUT2D eigenvalue weighted by Gasteiger charge is -2.09. The zero-order chi connectivity index (χ0) is 10.2. The minimum atomic E-state index is -0.402. The van der Waals surface area contributed by atoms with Crippen molar-refractivity contribution >= 4 is 5.91 Å². The van der Waals surface area contributed by atoms with Crippen molar-refractivity contribution < 1.29 is 9.53 Å². The first-order chi connectivity index (χ1) is 6.79. The number of rotatable bonds is 7. The lowest BCUT2D eigenvalue weighted by atomic mass is 10.1. The van der Waals surface area contributed by atoms with Crippen molar-refractivity contribution in [3.63, 3.8) is 0 Å². The first-order valence-electron chi connectivity index (χ1n) is 5.36. The van der Waals surface area contributed by atoms with Crippen molar-refractivity contribution in [3.05, 3.63) is 0 Å². The minimum absolute atomic E-state index is 0.0328. The van der Waals surface area contributed by atoms with Crippen LogP contribution in [0.5, 0.6) is 0 Å². The number of nitrogens with one attached hydrogen (secondary N) is 1. The molecule has 4 heteroatoms. The highest BCUT2D eigenvalue weighted by Gasteiger charge is 2.13. The molecule has 0 unspecified atom stereocenters. The van der Waals surface area contributed by atoms with Crippen LogP contribution in [0.3, 0.4) is 0 Å². The molecule has 1 fully saturated rings. The number of hydrogen-bond donors (Lipinski definition) is 2. The van der Waals surface area contributed by atoms with Gasteiger partial charge in [-0.1, -0.05) is 12.8 Å². The molecule has 1 saturated carbocycles. The highest BCUT2D eigenvalue weighted by molar-refractivity contribution is 5.74. The van der Waals surface area contributed by atoms with Gasteiger partial charge < -0.3 is 15.8 Å². The van der Waals surface area contributed by atoms with E-state index in [1.54, 1.807) is 0 Å². The molecule has 0 heterocycles. The average Bonchev–Trinajstić information content (AvgIpc) is 2.63. The van der Waals surface area contributed by atoms with E-state index < -0.39 is 5.91 Å². The summed E-state index contributed by atoms with van der Waals surface area (Å²) in [7, 11) is 0. The van der Waals surface area contributed by atoms with Gasteiger partial charge in [-0.2, -0.15) is 0 Å². The molecule has 0 aliphatic heterocycles. The predicted octanol–water partition coefficient (Wildman–Crippen LogP) is 0.268. The van der Waals surface area contributed by atoms with Crippen LogP contribution < -0.4 is 11.1 Å². The van der Waals surface area contributed by atoms with Crippen LogP contribution in [0.1, 0.15) is 25.7 Å². The summed E-state index contributed by atoms with van der Waals surface area (Å²) in [5.74, 6) is 0.451. The molecular weight excluding hydrogens is 180 g/mol. The van der Waals surface area contributed by atoms with E-state index in [9.17, 15) is 4.79 Å². The Hall–Kier alpha value is -0.610. The lowest BCUT2D eigenvalue weighted by molar-refractivity contribution is -0.122. The van der Waals surface area contributed by atoms with Crippen LogP contribution in [0.2, 0.25) is 0 Å². The monoisotopic (exact) mass is 200 g/mol. The summed E-state index contributed by atoms with van der Waals surface area (Å²) in [6.07, 6.45) is 5.47. The fourth-order valence-corrected chi connectivity index (χ4v) is 1.84. The van der Waals surface area contributed by atoms with E-state index >= 15 is 0 Å². The largest absolute Gasteiger partial charge is 0.370 e. The van der Waals surface area contributed by atoms with Gasteiger partial charge >= 0.3 is 0 Å². The van der Waals surface area contributed by atoms with E-state index in [1.165, 1.54) is 25.7 Å². The van der Waals surface area contributed by atoms with Crippen LogP contribution in [0.4, 0.5) is 0 Å². The fraction of sp³-hybridized carbons (Fsp3) is 0.900. The first kappa shape index (κ1) is 11.5. The van der Waals surface area contributed by atoms with E-state index in [0.717, 1.165) is 19.0 Å². The average molecular weight is 200 g/mol. The van der Waals surface area contributed by atoms with E-state index in [-0.39, 0.29) is 6.61 Å². The van der Waals surface area contributed by atoms with Gasteiger partial charge in [0.15, 0.2) is 0 Å². The van der Waals surface area contributed by atoms with Crippen LogP contribution in [0.25, 0.3) is 0 Å². The van der Waals surface area contributed by atoms with Gasteiger partial charge in [-0.25, -0.2) is 0 Å². The molecule has 0 aromatic carbocycles. The molecule has 0 saturated heterocycles. The van der Waals surface area contributed by atoms with Crippen molar-refractivity contribution in [1.29, 1.82) is 0 Å². The maximum atomic E-state index is 10.3. The second kappa shape index (κ2) is 6.79. The van der Waals surface area contributed by atoms with Gasteiger partial charge in [-0.15, -0.1) is 0 Å². The SMILES string of the molecule is NC(=O)COCCNCC1CCCC1. The molecule has 0 atom stereocenters. The maximum absolute atomic E-state index is 10.3. The third-order valence-corrected chi connectivity index (χ3v) is 2.58. The molecule has 3 N–H and O–H groups in total. The molecule has 0 aromatic heterocycles. The summed E-state index contributed by atoms with van der Waals surface area (Å²) in [5, 5.41) is 3.32. The summed E-state index contributed by atoms with van der Waals surface area (Å²) in [6, 6.07) is 0. The Balaban J connectivity index is 1.82. The Morgan fingerprint density at radius 2 is 2.14 bits per heavy atom. The van der Waals surface area contributed by atoms with Gasteiger partial charge in [-0.05, 0) is 25.3 Å². The van der Waals surface area contributed by atoms with E-state index in [4.69, 9.17) is 10.5 Å². The smallest absolute Gasteiger partial charge is 0.243 e. The van der Waals surface area contributed by atoms with Crippen LogP contribution in [-0.4, -0.2) is 32.2 Å². The van der Waals surface area contributed by atoms with Gasteiger partial charge in [0.2, 0.25) is 5.91 Å². The van der Waals surface area contributed by atoms with Crippen molar-refractivity contribution in [1.82, 2.24) is 5.32 Å². The molecule has 0 bridgehead atoms. The van der Waals surface area contributed by atoms with Crippen molar-refractivity contribution in [3.8, 4) is 0 Å². The maximum Gasteiger partial charge on any atom is 0.243 e. The predicted molar refractivity (Wildman–Crippen MR) is 54.8 cm³/mol. The Kier molecular flexibility index (Phi) is 5.56. The zero-order valence-corrected chi connectivity index (χ0v) is 8.63. The summed E-state index contributed by atoms with van der Waals surface area (Å²) in [4.78, 5) is 10.3. The van der Waals surface area contributed by atoms with Gasteiger partial charge in [-0.3, -0.25) is 4.79 Å². The standard InChI is InChI=1S/C10H20N2O2/c11-10(13)8-14-6-5-12-7-9-3-1-2-4-9/h9,12H,1-8H2,(H2,11,13). The number of ether oxygens (including phenoxy) is 1. The van der Waals surface area contributed by atoms with Crippen LogP contribution in [0, 0.1) is 5.92 Å². The quantitative estimate of drug-likeness (QED) is 0.580. The highest BCUT2D eigenvalue weighted by Crippen LogP contribution is 2.23. The Morgan fingerprint density at radius 3 is 2.79 bits per heavy atom. The Bertz CT molecular complexity index is 168. The molecule has 0 aromatic rings. The van der Waals surface area contributed by atoms with E-state index in [0.29, 0.717) is 6.61 Å². The fourth-order valence-electron chi connectivity index (χ4n) is 1.84. The van der Waals surface area contributed by atoms with Crippen molar-refractivity contribution in [2.45, 2.75) is 25.7 Å². The number of carbonyl (C=O) groups excluding carboxylic acids is 1. The molecule has 1 amide bonds. The number of nitrogens with two attached hydrogens (primary N) is 1. The van der Waals surface area contributed by atoms with Crippen LogP contribution in [0.15, 0.2) is 0 Å². The van der Waals surface area contributed by atoms with Gasteiger partial charge in [0.25, 0.3) is 0 Å². The molecular formula is C10H20N2O2. The molecule has 1 aliphatic carbocycles. The lowest BCUT2D eigenvalue weighted by Crippen LogP contribution is -2.27. The molecule has 1 rings (SSSR count). The highest BCUT2D eigenvalue weighted by atomic mass is 16.5. The Labute approximate surface area is 85.2 Å². The van der Waals surface area contributed by atoms with Gasteiger partial charge in [0.05, 0.1) is 6.61 Å². The zero-order valence-electron chi connectivity index (χ0n) is 8.63. The van der Waals surface area contributed by atoms with E-state index in [2.05, 4.69) is 5.32 Å². The third kappa shape index (κ3) is 5.19. The summed E-state index contributed by atoms with van der Waals surface area (Å²) in [5.41, 5.74) is 4.92. The topological polar surface area (TPSA) is 64.4 Å². The Morgan fingerprint density at radius 1 is 1.43 bits per heavy atom. The third-order valence-electron chi connectivity index (χ3n) is 2.58. The molecule has 4 nitrogen and oxygen atoms in total. The molecule has 0 radical (unpaired) electrons. The number of primary amides is 1. The number of hydrogen-bond acceptors (Lipinski definition) is 3. The second-order valence-corrected chi connectivity index (χ2v) is 3.87. The molecule has 0 spiro atoms. The van der Waals surface area contributed by atoms with Crippen LogP contribution in [-0.2, 0) is 9.53 Å². The summed E-state index contributed by atoms with van der Waals surface area (Å²) in [6.45, 7) is 2.49. The van der Waals surface area contributed by atoms with Crippen molar-refractivity contribution in [2.24, 2.45) is 11.7 Å². The van der Waals surface area contributed by atoms with Crippen molar-refractivity contribution in [2.75, 3.05) is 26.3 Å². The molecule has 82 valence electrons. The summed E-state index contributed by atoms with van der Waals surface area (Å²) >= 11 is 0. The van der Waals surface area contributed by atoms with Gasteiger partial charge in [0.1, 0.15) is 6.61 Å². The summed E-state index contributed by atoms with van der Waals surface area (Å²) < 4.78 is 5.02. The number of carbonyl (C=O) groups is 1. The number of amides is 1. The molecule has 1 aliphatic rings. The van der Waals surface area contributed by atoms with Crippen LogP contribution >= 0.6 is 0 Å². The minimum Gasteiger partial charge on any atom is -0.370 e. The molecule has 14 heavy (non-hydrogen) atoms. The second-order valence-electron chi connectivity index (χ2n) is 3.87. The van der Waals surface area contributed by atoms with E-state index in [1.807, 2.05) is 0 Å². The normalized spacial score (nSPS) is 17.4. The van der Waals surface area contributed by atoms with Gasteiger partial charge in [0, 0.05) is 6.54 Å². The first-order valence-corrected chi connectivity index (χ1v) is 5.36.